The molecular weight excluding hydrogens is 292 g/mol. The van der Waals surface area contributed by atoms with Crippen LogP contribution in [0.25, 0.3) is 16.9 Å². The van der Waals surface area contributed by atoms with Crippen LogP contribution in [0.1, 0.15) is 24.8 Å². The third kappa shape index (κ3) is 2.49. The smallest absolute Gasteiger partial charge is 0.336 e. The topological polar surface area (TPSA) is 48.7 Å². The second-order valence-electron chi connectivity index (χ2n) is 5.97. The number of benzene rings is 1. The molecule has 0 amide bonds. The number of carbonyl (C=O) groups is 1. The maximum atomic E-state index is 12.2. The van der Waals surface area contributed by atoms with E-state index in [0.717, 1.165) is 41.7 Å². The first kappa shape index (κ1) is 14.3. The van der Waals surface area contributed by atoms with E-state index in [1.807, 2.05) is 36.4 Å². The minimum absolute atomic E-state index is 0.124. The van der Waals surface area contributed by atoms with Gasteiger partial charge in [0.15, 0.2) is 0 Å². The zero-order valence-corrected chi connectivity index (χ0v) is 13.0. The number of rotatable bonds is 3. The van der Waals surface area contributed by atoms with Crippen LogP contribution in [0.4, 0.5) is 0 Å². The molecule has 2 aliphatic heterocycles. The summed E-state index contributed by atoms with van der Waals surface area (Å²) >= 11 is 0. The summed E-state index contributed by atoms with van der Waals surface area (Å²) in [4.78, 5) is 12.2. The van der Waals surface area contributed by atoms with Crippen LogP contribution < -0.4 is 0 Å². The fraction of sp³-hybridized carbons (Fsp3) is 0.316. The molecule has 2 bridgehead atoms. The average Bonchev–Trinajstić information content (AvgIpc) is 3.25. The van der Waals surface area contributed by atoms with Crippen LogP contribution in [0.5, 0.6) is 0 Å². The number of fused-ring (bicyclic) bond motifs is 2. The molecule has 23 heavy (non-hydrogen) atoms. The summed E-state index contributed by atoms with van der Waals surface area (Å²) in [6.07, 6.45) is 4.41. The third-order valence-corrected chi connectivity index (χ3v) is 4.63. The predicted octanol–water partition coefficient (Wildman–Crippen LogP) is 3.82. The van der Waals surface area contributed by atoms with Gasteiger partial charge in [0.1, 0.15) is 5.76 Å². The first-order valence-corrected chi connectivity index (χ1v) is 7.87. The van der Waals surface area contributed by atoms with Crippen LogP contribution in [0.15, 0.2) is 52.7 Å². The highest BCUT2D eigenvalue weighted by atomic mass is 16.5. The lowest BCUT2D eigenvalue weighted by Crippen LogP contribution is -2.26. The van der Waals surface area contributed by atoms with E-state index in [1.165, 1.54) is 7.11 Å². The molecule has 2 aromatic rings. The van der Waals surface area contributed by atoms with Gasteiger partial charge < -0.3 is 13.9 Å². The van der Waals surface area contributed by atoms with Crippen molar-refractivity contribution in [3.8, 4) is 11.3 Å². The van der Waals surface area contributed by atoms with Gasteiger partial charge in [0.05, 0.1) is 31.2 Å². The first-order valence-electron chi connectivity index (χ1n) is 7.87. The van der Waals surface area contributed by atoms with Crippen molar-refractivity contribution >= 4 is 11.5 Å². The van der Waals surface area contributed by atoms with Crippen molar-refractivity contribution < 1.29 is 18.7 Å². The zero-order chi connectivity index (χ0) is 15.8. The Morgan fingerprint density at radius 1 is 1.13 bits per heavy atom. The molecule has 0 saturated carbocycles. The summed E-state index contributed by atoms with van der Waals surface area (Å²) in [6.45, 7) is 0. The van der Waals surface area contributed by atoms with Gasteiger partial charge in [-0.15, -0.1) is 0 Å². The quantitative estimate of drug-likeness (QED) is 0.809. The fourth-order valence-corrected chi connectivity index (χ4v) is 3.52. The standard InChI is InChI=1S/C19H18O4/c1-21-19(20)18-15(11-14-8-9-17(18)23-14)12-4-6-13(7-5-12)16-3-2-10-22-16/h2-7,10,14,17H,8-9,11H2,1H3. The van der Waals surface area contributed by atoms with Crippen LogP contribution in [-0.4, -0.2) is 25.3 Å². The van der Waals surface area contributed by atoms with Gasteiger partial charge in [-0.05, 0) is 42.5 Å². The lowest BCUT2D eigenvalue weighted by atomic mass is 9.91. The molecule has 1 aromatic carbocycles. The largest absolute Gasteiger partial charge is 0.466 e. The molecule has 2 unspecified atom stereocenters. The highest BCUT2D eigenvalue weighted by Gasteiger charge is 2.39. The van der Waals surface area contributed by atoms with E-state index in [0.29, 0.717) is 5.57 Å². The Bertz CT molecular complexity index is 740. The molecule has 1 saturated heterocycles. The first-order chi connectivity index (χ1) is 11.3. The normalized spacial score (nSPS) is 23.2. The van der Waals surface area contributed by atoms with Crippen LogP contribution in [0.3, 0.4) is 0 Å². The van der Waals surface area contributed by atoms with Gasteiger partial charge in [0, 0.05) is 5.56 Å². The Kier molecular flexibility index (Phi) is 3.54. The second-order valence-corrected chi connectivity index (χ2v) is 5.97. The van der Waals surface area contributed by atoms with E-state index in [4.69, 9.17) is 13.9 Å². The highest BCUT2D eigenvalue weighted by molar-refractivity contribution is 5.99. The van der Waals surface area contributed by atoms with Crippen LogP contribution in [0.2, 0.25) is 0 Å². The van der Waals surface area contributed by atoms with Crippen molar-refractivity contribution in [2.75, 3.05) is 7.11 Å². The minimum atomic E-state index is -0.277. The number of ether oxygens (including phenoxy) is 2. The molecule has 1 fully saturated rings. The molecule has 0 spiro atoms. The molecule has 0 aliphatic carbocycles. The molecular formula is C19H18O4. The molecule has 118 valence electrons. The third-order valence-electron chi connectivity index (χ3n) is 4.63. The van der Waals surface area contributed by atoms with Crippen molar-refractivity contribution in [2.24, 2.45) is 0 Å². The zero-order valence-electron chi connectivity index (χ0n) is 13.0. The molecule has 2 aliphatic rings. The Morgan fingerprint density at radius 2 is 1.91 bits per heavy atom. The number of hydrogen-bond acceptors (Lipinski definition) is 4. The van der Waals surface area contributed by atoms with Gasteiger partial charge in [-0.2, -0.15) is 0 Å². The highest BCUT2D eigenvalue weighted by Crippen LogP contribution is 2.41. The molecule has 4 nitrogen and oxygen atoms in total. The summed E-state index contributed by atoms with van der Waals surface area (Å²) < 4.78 is 16.3. The van der Waals surface area contributed by atoms with Crippen molar-refractivity contribution in [3.63, 3.8) is 0 Å². The maximum Gasteiger partial charge on any atom is 0.336 e. The summed E-state index contributed by atoms with van der Waals surface area (Å²) in [5.41, 5.74) is 3.82. The summed E-state index contributed by atoms with van der Waals surface area (Å²) in [5.74, 6) is 0.561. The van der Waals surface area contributed by atoms with Crippen LogP contribution in [0, 0.1) is 0 Å². The lowest BCUT2D eigenvalue weighted by Gasteiger charge is -2.26. The maximum absolute atomic E-state index is 12.2. The molecule has 4 rings (SSSR count). The van der Waals surface area contributed by atoms with E-state index in [2.05, 4.69) is 0 Å². The monoisotopic (exact) mass is 310 g/mol. The van der Waals surface area contributed by atoms with Crippen LogP contribution >= 0.6 is 0 Å². The fourth-order valence-electron chi connectivity index (χ4n) is 3.52. The molecule has 4 heteroatoms. The Labute approximate surface area is 134 Å². The SMILES string of the molecule is COC(=O)C1=C(c2ccc(-c3ccco3)cc2)CC2CCC1O2. The molecule has 0 radical (unpaired) electrons. The summed E-state index contributed by atoms with van der Waals surface area (Å²) in [7, 11) is 1.42. The van der Waals surface area contributed by atoms with E-state index in [-0.39, 0.29) is 18.2 Å². The van der Waals surface area contributed by atoms with Gasteiger partial charge >= 0.3 is 5.97 Å². The summed E-state index contributed by atoms with van der Waals surface area (Å²) in [5, 5.41) is 0. The molecule has 0 N–H and O–H groups in total. The number of hydrogen-bond donors (Lipinski definition) is 0. The predicted molar refractivity (Wildman–Crippen MR) is 85.6 cm³/mol. The van der Waals surface area contributed by atoms with Crippen molar-refractivity contribution in [3.05, 3.63) is 53.8 Å². The van der Waals surface area contributed by atoms with E-state index in [9.17, 15) is 4.79 Å². The molecule has 2 atom stereocenters. The van der Waals surface area contributed by atoms with Gasteiger partial charge in [0.25, 0.3) is 0 Å². The van der Waals surface area contributed by atoms with Gasteiger partial charge in [-0.1, -0.05) is 24.3 Å². The van der Waals surface area contributed by atoms with Gasteiger partial charge in [-0.25, -0.2) is 4.79 Å². The van der Waals surface area contributed by atoms with E-state index >= 15 is 0 Å². The molecule has 3 heterocycles. The van der Waals surface area contributed by atoms with Gasteiger partial charge in [-0.3, -0.25) is 0 Å². The van der Waals surface area contributed by atoms with Crippen LogP contribution in [-0.2, 0) is 14.3 Å². The van der Waals surface area contributed by atoms with Gasteiger partial charge in [0.2, 0.25) is 0 Å². The summed E-state index contributed by atoms with van der Waals surface area (Å²) in [6, 6.07) is 11.9. The number of furan rings is 1. The number of carbonyl (C=O) groups excluding carboxylic acids is 1. The van der Waals surface area contributed by atoms with E-state index in [1.54, 1.807) is 6.26 Å². The molecule has 1 aromatic heterocycles. The van der Waals surface area contributed by atoms with Crippen molar-refractivity contribution in [1.29, 1.82) is 0 Å². The Hall–Kier alpha value is -2.33. The Morgan fingerprint density at radius 3 is 2.61 bits per heavy atom. The number of esters is 1. The van der Waals surface area contributed by atoms with E-state index < -0.39 is 0 Å². The minimum Gasteiger partial charge on any atom is -0.466 e. The Balaban J connectivity index is 1.73. The van der Waals surface area contributed by atoms with Crippen molar-refractivity contribution in [2.45, 2.75) is 31.5 Å². The second kappa shape index (κ2) is 5.70. The average molecular weight is 310 g/mol. The lowest BCUT2D eigenvalue weighted by molar-refractivity contribution is -0.137. The number of methoxy groups -OCH3 is 1. The van der Waals surface area contributed by atoms with Crippen molar-refractivity contribution in [1.82, 2.24) is 0 Å².